The van der Waals surface area contributed by atoms with Gasteiger partial charge in [0.05, 0.1) is 0 Å². The molecule has 0 bridgehead atoms. The van der Waals surface area contributed by atoms with Crippen molar-refractivity contribution in [1.82, 2.24) is 0 Å². The van der Waals surface area contributed by atoms with E-state index in [9.17, 15) is 13.6 Å². The summed E-state index contributed by atoms with van der Waals surface area (Å²) in [7, 11) is 0. The van der Waals surface area contributed by atoms with Crippen molar-refractivity contribution in [3.63, 3.8) is 0 Å². The molecule has 0 atom stereocenters. The molecule has 0 saturated heterocycles. The zero-order chi connectivity index (χ0) is 12.3. The first-order valence-electron chi connectivity index (χ1n) is 6.10. The van der Waals surface area contributed by atoms with Gasteiger partial charge in [0, 0.05) is 11.5 Å². The van der Waals surface area contributed by atoms with Crippen LogP contribution in [-0.2, 0) is 0 Å². The van der Waals surface area contributed by atoms with Crippen LogP contribution in [0.2, 0.25) is 0 Å². The standard InChI is InChI=1S/C14H16F2O/c15-14(16,12-9-5-2-6-10-12)13(17)11-7-3-1-4-8-11/h1,3-4,7-8,12H,2,5-6,9-10H2. The Kier molecular flexibility index (Phi) is 3.55. The summed E-state index contributed by atoms with van der Waals surface area (Å²) in [6, 6.07) is 7.86. The van der Waals surface area contributed by atoms with E-state index in [2.05, 4.69) is 0 Å². The van der Waals surface area contributed by atoms with Crippen LogP contribution in [0.3, 0.4) is 0 Å². The van der Waals surface area contributed by atoms with Crippen molar-refractivity contribution >= 4 is 5.78 Å². The first-order chi connectivity index (χ1) is 8.12. The molecule has 0 N–H and O–H groups in total. The Balaban J connectivity index is 2.17. The zero-order valence-corrected chi connectivity index (χ0v) is 9.66. The van der Waals surface area contributed by atoms with Crippen LogP contribution in [0, 0.1) is 5.92 Å². The topological polar surface area (TPSA) is 17.1 Å². The minimum Gasteiger partial charge on any atom is -0.287 e. The molecule has 2 rings (SSSR count). The SMILES string of the molecule is O=C(c1ccccc1)C(F)(F)C1CCCCC1. The van der Waals surface area contributed by atoms with E-state index >= 15 is 0 Å². The van der Waals surface area contributed by atoms with Gasteiger partial charge < -0.3 is 0 Å². The molecule has 0 unspecified atom stereocenters. The Morgan fingerprint density at radius 1 is 1.06 bits per heavy atom. The van der Waals surface area contributed by atoms with Crippen molar-refractivity contribution < 1.29 is 13.6 Å². The van der Waals surface area contributed by atoms with Crippen LogP contribution in [0.15, 0.2) is 30.3 Å². The van der Waals surface area contributed by atoms with Crippen LogP contribution >= 0.6 is 0 Å². The van der Waals surface area contributed by atoms with E-state index in [1.807, 2.05) is 0 Å². The molecule has 1 aliphatic rings. The minimum atomic E-state index is -3.21. The third-order valence-electron chi connectivity index (χ3n) is 3.46. The number of halogens is 2. The van der Waals surface area contributed by atoms with E-state index in [4.69, 9.17) is 0 Å². The summed E-state index contributed by atoms with van der Waals surface area (Å²) < 4.78 is 28.1. The number of hydrogen-bond donors (Lipinski definition) is 0. The molecule has 17 heavy (non-hydrogen) atoms. The van der Waals surface area contributed by atoms with Crippen LogP contribution in [0.4, 0.5) is 8.78 Å². The molecule has 3 heteroatoms. The summed E-state index contributed by atoms with van der Waals surface area (Å²) in [4.78, 5) is 11.8. The Hall–Kier alpha value is -1.25. The molecule has 0 aliphatic heterocycles. The van der Waals surface area contributed by atoms with Gasteiger partial charge >= 0.3 is 5.92 Å². The van der Waals surface area contributed by atoms with Gasteiger partial charge in [0.15, 0.2) is 0 Å². The number of alkyl halides is 2. The van der Waals surface area contributed by atoms with Crippen molar-refractivity contribution in [2.24, 2.45) is 5.92 Å². The third-order valence-corrected chi connectivity index (χ3v) is 3.46. The molecule has 1 fully saturated rings. The van der Waals surface area contributed by atoms with Crippen molar-refractivity contribution in [2.75, 3.05) is 0 Å². The van der Waals surface area contributed by atoms with Gasteiger partial charge in [0.2, 0.25) is 5.78 Å². The Bertz CT molecular complexity index is 380. The molecule has 92 valence electrons. The second-order valence-electron chi connectivity index (χ2n) is 4.65. The number of carbonyl (C=O) groups is 1. The molecule has 1 nitrogen and oxygen atoms in total. The molecule has 0 aromatic heterocycles. The maximum atomic E-state index is 14.0. The second-order valence-corrected chi connectivity index (χ2v) is 4.65. The molecule has 1 aromatic carbocycles. The Morgan fingerprint density at radius 2 is 1.65 bits per heavy atom. The molecule has 0 amide bonds. The predicted molar refractivity (Wildman–Crippen MR) is 62.3 cm³/mol. The monoisotopic (exact) mass is 238 g/mol. The highest BCUT2D eigenvalue weighted by atomic mass is 19.3. The highest BCUT2D eigenvalue weighted by Gasteiger charge is 2.46. The average molecular weight is 238 g/mol. The fourth-order valence-electron chi connectivity index (χ4n) is 2.43. The van der Waals surface area contributed by atoms with Crippen LogP contribution in [-0.4, -0.2) is 11.7 Å². The van der Waals surface area contributed by atoms with E-state index < -0.39 is 17.6 Å². The number of carbonyl (C=O) groups excluding carboxylic acids is 1. The van der Waals surface area contributed by atoms with Gasteiger partial charge in [-0.25, -0.2) is 0 Å². The van der Waals surface area contributed by atoms with Gasteiger partial charge in [-0.3, -0.25) is 4.79 Å². The predicted octanol–water partition coefficient (Wildman–Crippen LogP) is 4.08. The fraction of sp³-hybridized carbons (Fsp3) is 0.500. The number of Topliss-reactive ketones (excluding diaryl/α,β-unsaturated/α-hetero) is 1. The highest BCUT2D eigenvalue weighted by molar-refractivity contribution is 6.01. The summed E-state index contributed by atoms with van der Waals surface area (Å²) >= 11 is 0. The lowest BCUT2D eigenvalue weighted by molar-refractivity contribution is -0.0418. The highest BCUT2D eigenvalue weighted by Crippen LogP contribution is 2.38. The number of benzene rings is 1. The summed E-state index contributed by atoms with van der Waals surface area (Å²) in [5, 5.41) is 0. The lowest BCUT2D eigenvalue weighted by Gasteiger charge is -2.28. The largest absolute Gasteiger partial charge is 0.312 e. The summed E-state index contributed by atoms with van der Waals surface area (Å²) in [6.07, 6.45) is 3.55. The maximum absolute atomic E-state index is 14.0. The van der Waals surface area contributed by atoms with Crippen molar-refractivity contribution in [3.05, 3.63) is 35.9 Å². The number of ketones is 1. The van der Waals surface area contributed by atoms with E-state index in [0.717, 1.165) is 19.3 Å². The Morgan fingerprint density at radius 3 is 2.24 bits per heavy atom. The van der Waals surface area contributed by atoms with Gasteiger partial charge in [-0.05, 0) is 12.8 Å². The first-order valence-corrected chi connectivity index (χ1v) is 6.10. The molecule has 1 aliphatic carbocycles. The average Bonchev–Trinajstić information content (AvgIpc) is 2.40. The molecular weight excluding hydrogens is 222 g/mol. The van der Waals surface area contributed by atoms with E-state index in [-0.39, 0.29) is 5.56 Å². The van der Waals surface area contributed by atoms with E-state index in [1.54, 1.807) is 18.2 Å². The molecule has 0 spiro atoms. The molecule has 1 saturated carbocycles. The molecule has 0 heterocycles. The summed E-state index contributed by atoms with van der Waals surface area (Å²) in [5.41, 5.74) is 0.114. The lowest BCUT2D eigenvalue weighted by Crippen LogP contribution is -2.38. The van der Waals surface area contributed by atoms with Crippen molar-refractivity contribution in [3.8, 4) is 0 Å². The quantitative estimate of drug-likeness (QED) is 0.725. The van der Waals surface area contributed by atoms with Crippen LogP contribution in [0.1, 0.15) is 42.5 Å². The van der Waals surface area contributed by atoms with Crippen molar-refractivity contribution in [2.45, 2.75) is 38.0 Å². The number of hydrogen-bond acceptors (Lipinski definition) is 1. The van der Waals surface area contributed by atoms with Crippen LogP contribution in [0.25, 0.3) is 0 Å². The third kappa shape index (κ3) is 2.54. The maximum Gasteiger partial charge on any atom is 0.312 e. The summed E-state index contributed by atoms with van der Waals surface area (Å²) in [6.45, 7) is 0. The van der Waals surface area contributed by atoms with Gasteiger partial charge in [0.25, 0.3) is 0 Å². The second kappa shape index (κ2) is 4.94. The fourth-order valence-corrected chi connectivity index (χ4v) is 2.43. The van der Waals surface area contributed by atoms with E-state index in [0.29, 0.717) is 12.8 Å². The lowest BCUT2D eigenvalue weighted by atomic mass is 9.82. The molecular formula is C14H16F2O. The van der Waals surface area contributed by atoms with Crippen LogP contribution in [0.5, 0.6) is 0 Å². The number of rotatable bonds is 3. The van der Waals surface area contributed by atoms with Gasteiger partial charge in [0.1, 0.15) is 0 Å². The van der Waals surface area contributed by atoms with Gasteiger partial charge in [-0.15, -0.1) is 0 Å². The molecule has 0 radical (unpaired) electrons. The van der Waals surface area contributed by atoms with Gasteiger partial charge in [-0.1, -0.05) is 49.6 Å². The van der Waals surface area contributed by atoms with E-state index in [1.165, 1.54) is 12.1 Å². The first kappa shape index (κ1) is 12.2. The van der Waals surface area contributed by atoms with Crippen LogP contribution < -0.4 is 0 Å². The molecule has 1 aromatic rings. The minimum absolute atomic E-state index is 0.114. The Labute approximate surface area is 99.8 Å². The normalized spacial score (nSPS) is 18.0. The van der Waals surface area contributed by atoms with Crippen molar-refractivity contribution in [1.29, 1.82) is 0 Å². The smallest absolute Gasteiger partial charge is 0.287 e. The summed E-state index contributed by atoms with van der Waals surface area (Å²) in [5.74, 6) is -5.00. The van der Waals surface area contributed by atoms with Gasteiger partial charge in [-0.2, -0.15) is 8.78 Å². The zero-order valence-electron chi connectivity index (χ0n) is 9.66.